The van der Waals surface area contributed by atoms with Gasteiger partial charge in [-0.3, -0.25) is 0 Å². The second-order valence-electron chi connectivity index (χ2n) is 4.95. The van der Waals surface area contributed by atoms with Gasteiger partial charge in [-0.05, 0) is 25.0 Å². The number of sulfone groups is 1. The van der Waals surface area contributed by atoms with Gasteiger partial charge in [0.2, 0.25) is 0 Å². The van der Waals surface area contributed by atoms with E-state index in [1.165, 1.54) is 18.8 Å². The van der Waals surface area contributed by atoms with Crippen molar-refractivity contribution in [2.45, 2.75) is 43.2 Å². The molecule has 0 N–H and O–H groups in total. The second kappa shape index (κ2) is 5.69. The molecule has 0 saturated heterocycles. The van der Waals surface area contributed by atoms with Gasteiger partial charge in [-0.25, -0.2) is 18.1 Å². The first-order valence-corrected chi connectivity index (χ1v) is 8.33. The Morgan fingerprint density at radius 3 is 2.68 bits per heavy atom. The highest BCUT2D eigenvalue weighted by Gasteiger charge is 2.21. The zero-order chi connectivity index (χ0) is 13.9. The third kappa shape index (κ3) is 3.53. The number of pyridine rings is 1. The van der Waals surface area contributed by atoms with Crippen LogP contribution >= 0.6 is 0 Å². The predicted octanol–water partition coefficient (Wildman–Crippen LogP) is 1.75. The molecule has 19 heavy (non-hydrogen) atoms. The van der Waals surface area contributed by atoms with Crippen LogP contribution in [0.1, 0.15) is 37.7 Å². The molecule has 1 aromatic rings. The molecule has 1 aliphatic rings. The van der Waals surface area contributed by atoms with Crippen molar-refractivity contribution in [3.05, 3.63) is 29.1 Å². The molecule has 0 spiro atoms. The topological polar surface area (TPSA) is 73.1 Å². The zero-order valence-electron chi connectivity index (χ0n) is 10.9. The normalized spacial score (nSPS) is 18.5. The van der Waals surface area contributed by atoms with Gasteiger partial charge in [0, 0.05) is 25.3 Å². The van der Waals surface area contributed by atoms with Gasteiger partial charge < -0.3 is 5.21 Å². The molecule has 6 heteroatoms. The fourth-order valence-electron chi connectivity index (χ4n) is 2.39. The van der Waals surface area contributed by atoms with Gasteiger partial charge in [0.1, 0.15) is 0 Å². The van der Waals surface area contributed by atoms with E-state index in [4.69, 9.17) is 0 Å². The largest absolute Gasteiger partial charge is 0.624 e. The van der Waals surface area contributed by atoms with Gasteiger partial charge in [-0.2, -0.15) is 0 Å². The van der Waals surface area contributed by atoms with Crippen LogP contribution in [0.2, 0.25) is 0 Å². The Bertz CT molecular complexity index is 575. The lowest BCUT2D eigenvalue weighted by atomic mass is 9.96. The Hall–Kier alpha value is -1.43. The van der Waals surface area contributed by atoms with Crippen LogP contribution < -0.4 is 0 Å². The molecule has 0 bridgehead atoms. The van der Waals surface area contributed by atoms with E-state index in [9.17, 15) is 13.6 Å². The molecule has 5 nitrogen and oxygen atoms in total. The van der Waals surface area contributed by atoms with Crippen molar-refractivity contribution in [2.75, 3.05) is 6.26 Å². The first kappa shape index (κ1) is 14.0. The first-order valence-electron chi connectivity index (χ1n) is 6.44. The van der Waals surface area contributed by atoms with Crippen molar-refractivity contribution < 1.29 is 13.2 Å². The van der Waals surface area contributed by atoms with Crippen LogP contribution in [-0.4, -0.2) is 36.7 Å². The molecule has 0 unspecified atom stereocenters. The first-order chi connectivity index (χ1) is 8.98. The third-order valence-electron chi connectivity index (χ3n) is 3.35. The minimum Gasteiger partial charge on any atom is -0.624 e. The van der Waals surface area contributed by atoms with Crippen LogP contribution in [-0.2, 0) is 9.84 Å². The van der Waals surface area contributed by atoms with Gasteiger partial charge in [0.25, 0.3) is 0 Å². The molecule has 0 aromatic carbocycles. The second-order valence-corrected chi connectivity index (χ2v) is 6.88. The van der Waals surface area contributed by atoms with Crippen LogP contribution in [0.3, 0.4) is 0 Å². The van der Waals surface area contributed by atoms with Crippen LogP contribution in [0.5, 0.6) is 0 Å². The monoisotopic (exact) mass is 282 g/mol. The van der Waals surface area contributed by atoms with Gasteiger partial charge in [-0.1, -0.05) is 6.42 Å². The van der Waals surface area contributed by atoms with Crippen molar-refractivity contribution in [1.29, 1.82) is 0 Å². The van der Waals surface area contributed by atoms with Crippen LogP contribution in [0.4, 0.5) is 0 Å². The summed E-state index contributed by atoms with van der Waals surface area (Å²) in [6, 6.07) is 3.20. The van der Waals surface area contributed by atoms with Crippen LogP contribution in [0.25, 0.3) is 0 Å². The number of nitrogens with zero attached hydrogens (tertiary/aromatic N) is 2. The van der Waals surface area contributed by atoms with Gasteiger partial charge >= 0.3 is 0 Å². The lowest BCUT2D eigenvalue weighted by Crippen LogP contribution is -2.25. The molecule has 1 heterocycles. The molecule has 104 valence electrons. The fraction of sp³-hybridized carbons (Fsp3) is 0.538. The molecular formula is C13H18N2O3S. The summed E-state index contributed by atoms with van der Waals surface area (Å²) >= 11 is 0. The molecular weight excluding hydrogens is 264 g/mol. The Labute approximate surface area is 113 Å². The molecule has 1 saturated carbocycles. The van der Waals surface area contributed by atoms with Crippen molar-refractivity contribution >= 4 is 16.1 Å². The molecule has 0 amide bonds. The number of hydrogen-bond acceptors (Lipinski definition) is 4. The lowest BCUT2D eigenvalue weighted by molar-refractivity contribution is -0.500. The highest BCUT2D eigenvalue weighted by atomic mass is 32.2. The Kier molecular flexibility index (Phi) is 4.19. The quantitative estimate of drug-likeness (QED) is 0.366. The summed E-state index contributed by atoms with van der Waals surface area (Å²) in [5.41, 5.74) is 0.366. The molecule has 0 radical (unpaired) electrons. The summed E-state index contributed by atoms with van der Waals surface area (Å²) in [7, 11) is -3.42. The van der Waals surface area contributed by atoms with E-state index in [1.54, 1.807) is 12.1 Å². The summed E-state index contributed by atoms with van der Waals surface area (Å²) in [4.78, 5) is 3.86. The van der Waals surface area contributed by atoms with E-state index >= 15 is 0 Å². The fourth-order valence-corrected chi connectivity index (χ4v) is 3.19. The molecule has 0 aliphatic heterocycles. The molecule has 2 rings (SSSR count). The van der Waals surface area contributed by atoms with Gasteiger partial charge in [0.15, 0.2) is 27.1 Å². The SMILES string of the molecule is CS(=O)(=O)c1ncccc1/C=[N+](\[O-])C1CCCCC1. The smallest absolute Gasteiger partial charge is 0.193 e. The van der Waals surface area contributed by atoms with Crippen molar-refractivity contribution in [1.82, 2.24) is 4.98 Å². The number of hydroxylamine groups is 1. The minimum atomic E-state index is -3.42. The number of hydrogen-bond donors (Lipinski definition) is 0. The maximum Gasteiger partial charge on any atom is 0.193 e. The predicted molar refractivity (Wildman–Crippen MR) is 73.0 cm³/mol. The molecule has 1 fully saturated rings. The average Bonchev–Trinajstić information content (AvgIpc) is 2.39. The van der Waals surface area contributed by atoms with Crippen molar-refractivity contribution in [2.24, 2.45) is 0 Å². The minimum absolute atomic E-state index is 0.0355. The van der Waals surface area contributed by atoms with E-state index in [1.807, 2.05) is 0 Å². The summed E-state index contributed by atoms with van der Waals surface area (Å²) in [5, 5.41) is 12.0. The van der Waals surface area contributed by atoms with Crippen molar-refractivity contribution in [3.63, 3.8) is 0 Å². The number of aromatic nitrogens is 1. The highest BCUT2D eigenvalue weighted by molar-refractivity contribution is 7.90. The Morgan fingerprint density at radius 2 is 2.05 bits per heavy atom. The van der Waals surface area contributed by atoms with Gasteiger partial charge in [-0.15, -0.1) is 0 Å². The van der Waals surface area contributed by atoms with E-state index in [2.05, 4.69) is 4.98 Å². The Morgan fingerprint density at radius 1 is 1.37 bits per heavy atom. The molecule has 1 aliphatic carbocycles. The highest BCUT2D eigenvalue weighted by Crippen LogP contribution is 2.20. The van der Waals surface area contributed by atoms with E-state index < -0.39 is 9.84 Å². The lowest BCUT2D eigenvalue weighted by Gasteiger charge is -2.20. The van der Waals surface area contributed by atoms with Crippen LogP contribution in [0.15, 0.2) is 23.4 Å². The summed E-state index contributed by atoms with van der Waals surface area (Å²) in [6.07, 6.45) is 8.91. The van der Waals surface area contributed by atoms with Crippen molar-refractivity contribution in [3.8, 4) is 0 Å². The summed E-state index contributed by atoms with van der Waals surface area (Å²) < 4.78 is 24.1. The maximum atomic E-state index is 12.1. The summed E-state index contributed by atoms with van der Waals surface area (Å²) in [6.45, 7) is 0. The summed E-state index contributed by atoms with van der Waals surface area (Å²) in [5.74, 6) is 0. The van der Waals surface area contributed by atoms with Crippen LogP contribution in [0, 0.1) is 5.21 Å². The molecule has 1 aromatic heterocycles. The standard InChI is InChI=1S/C13H18N2O3S/c1-19(17,18)13-11(6-5-9-14-13)10-15(16)12-7-3-2-4-8-12/h5-6,9-10,12H,2-4,7-8H2,1H3/b15-10-. The van der Waals surface area contributed by atoms with E-state index in [0.29, 0.717) is 5.56 Å². The Balaban J connectivity index is 2.32. The zero-order valence-corrected chi connectivity index (χ0v) is 11.8. The van der Waals surface area contributed by atoms with E-state index in [0.717, 1.165) is 36.7 Å². The average molecular weight is 282 g/mol. The maximum absolute atomic E-state index is 12.1. The molecule has 0 atom stereocenters. The third-order valence-corrected chi connectivity index (χ3v) is 4.40. The van der Waals surface area contributed by atoms with Gasteiger partial charge in [0.05, 0.1) is 5.56 Å². The number of rotatable bonds is 3. The van der Waals surface area contributed by atoms with E-state index in [-0.39, 0.29) is 11.1 Å².